The molecule has 3 fully saturated rings. The minimum Gasteiger partial charge on any atom is -0.393 e. The average molecular weight is 405 g/mol. The fourth-order valence-corrected chi connectivity index (χ4v) is 8.52. The minimum atomic E-state index is -0.986. The van der Waals surface area contributed by atoms with Gasteiger partial charge in [-0.15, -0.1) is 0 Å². The van der Waals surface area contributed by atoms with Crippen molar-refractivity contribution in [3.05, 3.63) is 11.6 Å². The number of aliphatic hydroxyl groups excluding tert-OH is 2. The second kappa shape index (κ2) is 7.64. The standard InChI is InChI=1S/C26H44O3/c1-5-6-7-23(28)26(4,29)22-11-10-20-19-9-8-17-16-18(27)12-14-24(17,2)21(19)13-15-25(20,22)3/h8,18-23,27-29H,5-7,9-16H2,1-4H3/t18-,19-,20-,21-,22-,23?,24-,25-,26+/m0/s1. The number of aliphatic hydroxyl groups is 3. The number of unbranched alkanes of at least 4 members (excludes halogenated alkanes) is 1. The van der Waals surface area contributed by atoms with E-state index in [4.69, 9.17) is 0 Å². The summed E-state index contributed by atoms with van der Waals surface area (Å²) in [6.45, 7) is 8.96. The van der Waals surface area contributed by atoms with E-state index in [-0.39, 0.29) is 22.9 Å². The van der Waals surface area contributed by atoms with Crippen LogP contribution < -0.4 is 0 Å². The molecule has 4 aliphatic carbocycles. The van der Waals surface area contributed by atoms with E-state index in [1.807, 2.05) is 6.92 Å². The molecule has 166 valence electrons. The Morgan fingerprint density at radius 3 is 2.62 bits per heavy atom. The van der Waals surface area contributed by atoms with Gasteiger partial charge in [0.15, 0.2) is 0 Å². The Morgan fingerprint density at radius 2 is 1.90 bits per heavy atom. The van der Waals surface area contributed by atoms with Crippen LogP contribution in [0.15, 0.2) is 11.6 Å². The van der Waals surface area contributed by atoms with Gasteiger partial charge in [0.05, 0.1) is 17.8 Å². The fraction of sp³-hybridized carbons (Fsp3) is 0.923. The van der Waals surface area contributed by atoms with Gasteiger partial charge in [0.2, 0.25) is 0 Å². The molecule has 3 saturated carbocycles. The molecule has 9 atom stereocenters. The first-order chi connectivity index (χ1) is 13.6. The molecule has 0 radical (unpaired) electrons. The molecule has 0 aromatic heterocycles. The highest BCUT2D eigenvalue weighted by Gasteiger charge is 2.62. The first-order valence-electron chi connectivity index (χ1n) is 12.4. The first-order valence-corrected chi connectivity index (χ1v) is 12.4. The lowest BCUT2D eigenvalue weighted by Crippen LogP contribution is -2.55. The molecule has 0 heterocycles. The van der Waals surface area contributed by atoms with Crippen LogP contribution in [0.1, 0.15) is 98.3 Å². The van der Waals surface area contributed by atoms with Crippen LogP contribution in [-0.2, 0) is 0 Å². The van der Waals surface area contributed by atoms with Crippen molar-refractivity contribution in [3.8, 4) is 0 Å². The fourth-order valence-electron chi connectivity index (χ4n) is 8.52. The van der Waals surface area contributed by atoms with Gasteiger partial charge < -0.3 is 15.3 Å². The third-order valence-electron chi connectivity index (χ3n) is 10.3. The molecular formula is C26H44O3. The van der Waals surface area contributed by atoms with E-state index in [2.05, 4.69) is 26.8 Å². The van der Waals surface area contributed by atoms with Crippen molar-refractivity contribution in [1.82, 2.24) is 0 Å². The van der Waals surface area contributed by atoms with Crippen LogP contribution in [0, 0.1) is 34.5 Å². The van der Waals surface area contributed by atoms with Gasteiger partial charge in [0.25, 0.3) is 0 Å². The average Bonchev–Trinajstić information content (AvgIpc) is 3.04. The van der Waals surface area contributed by atoms with Crippen LogP contribution in [0.25, 0.3) is 0 Å². The molecule has 0 spiro atoms. The first kappa shape index (κ1) is 21.8. The van der Waals surface area contributed by atoms with E-state index >= 15 is 0 Å². The third-order valence-corrected chi connectivity index (χ3v) is 10.3. The molecule has 0 aromatic carbocycles. The predicted molar refractivity (Wildman–Crippen MR) is 117 cm³/mol. The zero-order valence-electron chi connectivity index (χ0n) is 19.2. The maximum absolute atomic E-state index is 11.5. The Kier molecular flexibility index (Phi) is 5.75. The molecule has 3 nitrogen and oxygen atoms in total. The van der Waals surface area contributed by atoms with Crippen LogP contribution in [-0.4, -0.2) is 33.1 Å². The lowest BCUT2D eigenvalue weighted by atomic mass is 9.46. The summed E-state index contributed by atoms with van der Waals surface area (Å²) in [6, 6.07) is 0. The van der Waals surface area contributed by atoms with Gasteiger partial charge in [0.1, 0.15) is 0 Å². The Morgan fingerprint density at radius 1 is 1.14 bits per heavy atom. The highest BCUT2D eigenvalue weighted by Crippen LogP contribution is 2.67. The van der Waals surface area contributed by atoms with Crippen molar-refractivity contribution in [1.29, 1.82) is 0 Å². The van der Waals surface area contributed by atoms with E-state index in [1.54, 1.807) is 0 Å². The van der Waals surface area contributed by atoms with Crippen molar-refractivity contribution in [2.24, 2.45) is 34.5 Å². The normalized spacial score (nSPS) is 47.4. The van der Waals surface area contributed by atoms with Gasteiger partial charge in [-0.2, -0.15) is 0 Å². The summed E-state index contributed by atoms with van der Waals surface area (Å²) in [4.78, 5) is 0. The Bertz CT molecular complexity index is 640. The molecule has 3 heteroatoms. The highest BCUT2D eigenvalue weighted by molar-refractivity contribution is 5.25. The molecule has 4 rings (SSSR count). The summed E-state index contributed by atoms with van der Waals surface area (Å²) in [5.74, 6) is 2.27. The predicted octanol–water partition coefficient (Wildman–Crippen LogP) is 5.23. The summed E-state index contributed by atoms with van der Waals surface area (Å²) in [6.07, 6.45) is 13.2. The number of hydrogen-bond acceptors (Lipinski definition) is 3. The topological polar surface area (TPSA) is 60.7 Å². The van der Waals surface area contributed by atoms with Crippen molar-refractivity contribution >= 4 is 0 Å². The molecule has 0 amide bonds. The molecule has 0 aromatic rings. The van der Waals surface area contributed by atoms with Gasteiger partial charge in [0, 0.05) is 0 Å². The minimum absolute atomic E-state index is 0.133. The van der Waals surface area contributed by atoms with E-state index in [0.717, 1.165) is 50.9 Å². The smallest absolute Gasteiger partial charge is 0.0910 e. The summed E-state index contributed by atoms with van der Waals surface area (Å²) in [5, 5.41) is 32.5. The SMILES string of the molecule is CCCCC(O)[C@](C)(O)[C@H]1CC[C@H]2[C@@H]3CC=C4C[C@@H](O)CC[C@]4(C)[C@H]3CC[C@@]21C. The summed E-state index contributed by atoms with van der Waals surface area (Å²) in [7, 11) is 0. The van der Waals surface area contributed by atoms with Crippen molar-refractivity contribution < 1.29 is 15.3 Å². The second-order valence-corrected chi connectivity index (χ2v) is 11.7. The number of fused-ring (bicyclic) bond motifs is 5. The van der Waals surface area contributed by atoms with Crippen molar-refractivity contribution in [2.45, 2.75) is 116 Å². The molecule has 4 aliphatic rings. The Hall–Kier alpha value is -0.380. The lowest BCUT2D eigenvalue weighted by molar-refractivity contribution is -0.151. The van der Waals surface area contributed by atoms with Gasteiger partial charge in [-0.1, -0.05) is 45.3 Å². The van der Waals surface area contributed by atoms with Gasteiger partial charge in [-0.25, -0.2) is 0 Å². The van der Waals surface area contributed by atoms with Crippen LogP contribution in [0.2, 0.25) is 0 Å². The van der Waals surface area contributed by atoms with Gasteiger partial charge in [-0.3, -0.25) is 0 Å². The molecular weight excluding hydrogens is 360 g/mol. The summed E-state index contributed by atoms with van der Waals surface area (Å²) >= 11 is 0. The van der Waals surface area contributed by atoms with Crippen LogP contribution in [0.3, 0.4) is 0 Å². The maximum atomic E-state index is 11.5. The van der Waals surface area contributed by atoms with Crippen molar-refractivity contribution in [2.75, 3.05) is 0 Å². The number of rotatable bonds is 5. The third kappa shape index (κ3) is 3.34. The zero-order valence-corrected chi connectivity index (χ0v) is 19.2. The molecule has 0 aliphatic heterocycles. The second-order valence-electron chi connectivity index (χ2n) is 11.7. The van der Waals surface area contributed by atoms with Crippen molar-refractivity contribution in [3.63, 3.8) is 0 Å². The molecule has 29 heavy (non-hydrogen) atoms. The molecule has 3 N–H and O–H groups in total. The molecule has 1 unspecified atom stereocenters. The summed E-state index contributed by atoms with van der Waals surface area (Å²) < 4.78 is 0. The lowest BCUT2D eigenvalue weighted by Gasteiger charge is -2.59. The highest BCUT2D eigenvalue weighted by atomic mass is 16.3. The maximum Gasteiger partial charge on any atom is 0.0910 e. The monoisotopic (exact) mass is 404 g/mol. The summed E-state index contributed by atoms with van der Waals surface area (Å²) in [5.41, 5.74) is 0.941. The van der Waals surface area contributed by atoms with E-state index in [0.29, 0.717) is 18.3 Å². The quantitative estimate of drug-likeness (QED) is 0.550. The number of allylic oxidation sites excluding steroid dienone is 1. The van der Waals surface area contributed by atoms with Crippen LogP contribution in [0.4, 0.5) is 0 Å². The van der Waals surface area contributed by atoms with E-state index in [1.165, 1.54) is 24.8 Å². The zero-order chi connectivity index (χ0) is 21.0. The van der Waals surface area contributed by atoms with E-state index < -0.39 is 11.7 Å². The van der Waals surface area contributed by atoms with Gasteiger partial charge >= 0.3 is 0 Å². The van der Waals surface area contributed by atoms with E-state index in [9.17, 15) is 15.3 Å². The molecule has 0 bridgehead atoms. The molecule has 0 saturated heterocycles. The van der Waals surface area contributed by atoms with Gasteiger partial charge in [-0.05, 0) is 99.2 Å². The van der Waals surface area contributed by atoms with Crippen LogP contribution in [0.5, 0.6) is 0 Å². The largest absolute Gasteiger partial charge is 0.393 e. The van der Waals surface area contributed by atoms with Crippen LogP contribution >= 0.6 is 0 Å². The Labute approximate surface area is 178 Å². The Balaban J connectivity index is 1.57. The number of hydrogen-bond donors (Lipinski definition) is 3.